The molecule has 3 heteroatoms. The number of hydrogen-bond donors (Lipinski definition) is 1. The highest BCUT2D eigenvalue weighted by Crippen LogP contribution is 2.28. The predicted molar refractivity (Wildman–Crippen MR) is 62.9 cm³/mol. The highest BCUT2D eigenvalue weighted by atomic mass is 32.1. The molecule has 1 N–H and O–H groups in total. The van der Waals surface area contributed by atoms with E-state index in [4.69, 9.17) is 5.11 Å². The molecule has 0 aliphatic heterocycles. The second kappa shape index (κ2) is 3.66. The quantitative estimate of drug-likeness (QED) is 0.837. The Morgan fingerprint density at radius 1 is 1.33 bits per heavy atom. The topological polar surface area (TPSA) is 37.3 Å². The number of aromatic carboxylic acids is 1. The Balaban J connectivity index is 2.57. The summed E-state index contributed by atoms with van der Waals surface area (Å²) in [5, 5.41) is 9.91. The van der Waals surface area contributed by atoms with Crippen molar-refractivity contribution in [2.75, 3.05) is 0 Å². The van der Waals surface area contributed by atoms with E-state index >= 15 is 0 Å². The lowest BCUT2D eigenvalue weighted by atomic mass is 10.0. The van der Waals surface area contributed by atoms with E-state index in [1.165, 1.54) is 16.9 Å². The molecule has 1 heterocycles. The van der Waals surface area contributed by atoms with E-state index in [9.17, 15) is 4.79 Å². The van der Waals surface area contributed by atoms with Crippen molar-refractivity contribution in [1.82, 2.24) is 0 Å². The van der Waals surface area contributed by atoms with Crippen LogP contribution in [0.15, 0.2) is 24.3 Å². The molecule has 2 nitrogen and oxygen atoms in total. The third kappa shape index (κ3) is 1.88. The van der Waals surface area contributed by atoms with Gasteiger partial charge < -0.3 is 5.11 Å². The van der Waals surface area contributed by atoms with E-state index in [1.807, 2.05) is 6.07 Å². The number of carbonyl (C=O) groups is 1. The number of carboxylic acids is 1. The van der Waals surface area contributed by atoms with Crippen molar-refractivity contribution in [3.05, 3.63) is 34.7 Å². The van der Waals surface area contributed by atoms with Crippen molar-refractivity contribution in [1.29, 1.82) is 0 Å². The van der Waals surface area contributed by atoms with Gasteiger partial charge in [-0.1, -0.05) is 26.0 Å². The lowest BCUT2D eigenvalue weighted by molar-refractivity contribution is 0.0702. The fourth-order valence-corrected chi connectivity index (χ4v) is 2.41. The number of fused-ring (bicyclic) bond motifs is 1. The van der Waals surface area contributed by atoms with E-state index in [2.05, 4.69) is 26.0 Å². The number of rotatable bonds is 2. The molecule has 15 heavy (non-hydrogen) atoms. The van der Waals surface area contributed by atoms with Crippen molar-refractivity contribution in [2.24, 2.45) is 0 Å². The highest BCUT2D eigenvalue weighted by Gasteiger charge is 2.09. The lowest BCUT2D eigenvalue weighted by Crippen LogP contribution is -1.89. The van der Waals surface area contributed by atoms with Crippen molar-refractivity contribution < 1.29 is 9.90 Å². The molecule has 0 unspecified atom stereocenters. The van der Waals surface area contributed by atoms with Gasteiger partial charge in [0.25, 0.3) is 0 Å². The van der Waals surface area contributed by atoms with E-state index in [1.54, 1.807) is 6.07 Å². The third-order valence-corrected chi connectivity index (χ3v) is 3.52. The maximum atomic E-state index is 10.8. The van der Waals surface area contributed by atoms with Crippen LogP contribution in [0.2, 0.25) is 0 Å². The maximum Gasteiger partial charge on any atom is 0.345 e. The number of carboxylic acid groups (broad SMARTS) is 1. The molecule has 1 aromatic heterocycles. The Morgan fingerprint density at radius 3 is 2.67 bits per heavy atom. The minimum Gasteiger partial charge on any atom is -0.477 e. The zero-order valence-corrected chi connectivity index (χ0v) is 9.47. The van der Waals surface area contributed by atoms with Gasteiger partial charge in [-0.3, -0.25) is 0 Å². The molecule has 0 atom stereocenters. The van der Waals surface area contributed by atoms with Crippen LogP contribution in [0, 0.1) is 0 Å². The van der Waals surface area contributed by atoms with Crippen LogP contribution in [0.4, 0.5) is 0 Å². The van der Waals surface area contributed by atoms with Gasteiger partial charge in [-0.05, 0) is 29.0 Å². The molecule has 0 bridgehead atoms. The number of benzene rings is 1. The van der Waals surface area contributed by atoms with Crippen LogP contribution < -0.4 is 0 Å². The molecular formula is C12H12O2S. The van der Waals surface area contributed by atoms with Gasteiger partial charge in [0.2, 0.25) is 0 Å². The van der Waals surface area contributed by atoms with E-state index in [0.717, 1.165) is 10.1 Å². The molecule has 1 aromatic carbocycles. The molecular weight excluding hydrogens is 208 g/mol. The molecule has 78 valence electrons. The van der Waals surface area contributed by atoms with Crippen LogP contribution in [-0.4, -0.2) is 11.1 Å². The van der Waals surface area contributed by atoms with Crippen LogP contribution in [0.3, 0.4) is 0 Å². The van der Waals surface area contributed by atoms with Gasteiger partial charge in [0.1, 0.15) is 4.88 Å². The Kier molecular flexibility index (Phi) is 2.49. The first-order valence-electron chi connectivity index (χ1n) is 4.84. The summed E-state index contributed by atoms with van der Waals surface area (Å²) in [6.07, 6.45) is 0. The minimum atomic E-state index is -0.845. The van der Waals surface area contributed by atoms with Crippen LogP contribution >= 0.6 is 11.3 Å². The maximum absolute atomic E-state index is 10.8. The SMILES string of the molecule is CC(C)c1ccc2sc(C(=O)O)cc2c1. The fraction of sp³-hybridized carbons (Fsp3) is 0.250. The van der Waals surface area contributed by atoms with Crippen molar-refractivity contribution in [2.45, 2.75) is 19.8 Å². The van der Waals surface area contributed by atoms with Crippen molar-refractivity contribution >= 4 is 27.4 Å². The summed E-state index contributed by atoms with van der Waals surface area (Å²) in [5.41, 5.74) is 1.25. The zero-order chi connectivity index (χ0) is 11.0. The summed E-state index contributed by atoms with van der Waals surface area (Å²) in [6.45, 7) is 4.26. The number of hydrogen-bond acceptors (Lipinski definition) is 2. The molecule has 2 aromatic rings. The molecule has 0 fully saturated rings. The number of thiophene rings is 1. The van der Waals surface area contributed by atoms with Gasteiger partial charge in [0, 0.05) is 4.70 Å². The largest absolute Gasteiger partial charge is 0.477 e. The summed E-state index contributed by atoms with van der Waals surface area (Å²) in [5.74, 6) is -0.370. The predicted octanol–water partition coefficient (Wildman–Crippen LogP) is 3.72. The normalized spacial score (nSPS) is 11.1. The summed E-state index contributed by atoms with van der Waals surface area (Å²) >= 11 is 1.33. The van der Waals surface area contributed by atoms with E-state index in [0.29, 0.717) is 10.8 Å². The Hall–Kier alpha value is -1.35. The summed E-state index contributed by atoms with van der Waals surface area (Å²) < 4.78 is 1.04. The van der Waals surface area contributed by atoms with E-state index < -0.39 is 5.97 Å². The summed E-state index contributed by atoms with van der Waals surface area (Å²) in [7, 11) is 0. The van der Waals surface area contributed by atoms with Crippen LogP contribution in [0.25, 0.3) is 10.1 Å². The monoisotopic (exact) mass is 220 g/mol. The van der Waals surface area contributed by atoms with E-state index in [-0.39, 0.29) is 0 Å². The molecule has 0 aliphatic rings. The molecule has 0 amide bonds. The first-order chi connectivity index (χ1) is 7.08. The standard InChI is InChI=1S/C12H12O2S/c1-7(2)8-3-4-10-9(5-8)6-11(15-10)12(13)14/h3-7H,1-2H3,(H,13,14). The molecule has 0 radical (unpaired) electrons. The average molecular weight is 220 g/mol. The Morgan fingerprint density at radius 2 is 2.07 bits per heavy atom. The smallest absolute Gasteiger partial charge is 0.345 e. The van der Waals surface area contributed by atoms with Gasteiger partial charge >= 0.3 is 5.97 Å². The third-order valence-electron chi connectivity index (χ3n) is 2.42. The molecule has 0 saturated carbocycles. The highest BCUT2D eigenvalue weighted by molar-refractivity contribution is 7.20. The van der Waals surface area contributed by atoms with Crippen molar-refractivity contribution in [3.8, 4) is 0 Å². The molecule has 0 spiro atoms. The Bertz CT molecular complexity index is 511. The fourth-order valence-electron chi connectivity index (χ4n) is 1.53. The molecule has 2 rings (SSSR count). The molecule has 0 saturated heterocycles. The first kappa shape index (κ1) is 10.2. The lowest BCUT2D eigenvalue weighted by Gasteiger charge is -2.03. The van der Waals surface area contributed by atoms with Gasteiger partial charge in [-0.2, -0.15) is 0 Å². The van der Waals surface area contributed by atoms with Gasteiger partial charge in [0.05, 0.1) is 0 Å². The van der Waals surface area contributed by atoms with Crippen LogP contribution in [0.5, 0.6) is 0 Å². The summed E-state index contributed by atoms with van der Waals surface area (Å²) in [4.78, 5) is 11.2. The average Bonchev–Trinajstić information content (AvgIpc) is 2.59. The Labute approximate surface area is 92.2 Å². The first-order valence-corrected chi connectivity index (χ1v) is 5.66. The second-order valence-electron chi connectivity index (χ2n) is 3.87. The molecule has 0 aliphatic carbocycles. The minimum absolute atomic E-state index is 0.408. The summed E-state index contributed by atoms with van der Waals surface area (Å²) in [6, 6.07) is 7.88. The van der Waals surface area contributed by atoms with Crippen LogP contribution in [-0.2, 0) is 0 Å². The van der Waals surface area contributed by atoms with Crippen molar-refractivity contribution in [3.63, 3.8) is 0 Å². The second-order valence-corrected chi connectivity index (χ2v) is 4.95. The van der Waals surface area contributed by atoms with Crippen LogP contribution in [0.1, 0.15) is 35.0 Å². The van der Waals surface area contributed by atoms with Gasteiger partial charge in [0.15, 0.2) is 0 Å². The zero-order valence-electron chi connectivity index (χ0n) is 8.65. The van der Waals surface area contributed by atoms with Gasteiger partial charge in [-0.25, -0.2) is 4.79 Å². The van der Waals surface area contributed by atoms with Gasteiger partial charge in [-0.15, -0.1) is 11.3 Å².